The number of nitrogens with one attached hydrogen (secondary N) is 1. The van der Waals surface area contributed by atoms with E-state index in [1.165, 1.54) is 6.42 Å². The Balaban J connectivity index is 2.61. The summed E-state index contributed by atoms with van der Waals surface area (Å²) in [6, 6.07) is 3.83. The van der Waals surface area contributed by atoms with Crippen molar-refractivity contribution in [3.63, 3.8) is 0 Å². The second-order valence-corrected chi connectivity index (χ2v) is 5.48. The van der Waals surface area contributed by atoms with Crippen LogP contribution < -0.4 is 5.32 Å². The maximum Gasteiger partial charge on any atom is 0.126 e. The first-order chi connectivity index (χ1) is 8.52. The van der Waals surface area contributed by atoms with Gasteiger partial charge in [0.25, 0.3) is 0 Å². The van der Waals surface area contributed by atoms with Crippen LogP contribution in [0.3, 0.4) is 0 Å². The Kier molecular flexibility index (Phi) is 6.44. The fourth-order valence-corrected chi connectivity index (χ4v) is 1.85. The van der Waals surface area contributed by atoms with Gasteiger partial charge < -0.3 is 10.2 Å². The zero-order valence-electron chi connectivity index (χ0n) is 11.8. The molecule has 0 aliphatic rings. The number of nitrogens with zero attached hydrogens (tertiary/aromatic N) is 2. The maximum atomic E-state index is 6.19. The molecule has 1 rings (SSSR count). The zero-order chi connectivity index (χ0) is 13.5. The average Bonchev–Trinajstić information content (AvgIpc) is 2.31. The van der Waals surface area contributed by atoms with Crippen molar-refractivity contribution < 1.29 is 0 Å². The highest BCUT2D eigenvalue weighted by Gasteiger charge is 2.08. The lowest BCUT2D eigenvalue weighted by atomic mass is 10.1. The van der Waals surface area contributed by atoms with Crippen LogP contribution in [0, 0.1) is 5.92 Å². The van der Waals surface area contributed by atoms with E-state index in [1.807, 2.05) is 12.1 Å². The highest BCUT2D eigenvalue weighted by molar-refractivity contribution is 6.31. The summed E-state index contributed by atoms with van der Waals surface area (Å²) in [6.45, 7) is 9.28. The SMILES string of the molecule is CCNc1ccc(Cl)c(CN(C)CCC(C)C)n1. The largest absolute Gasteiger partial charge is 0.370 e. The molecule has 0 saturated heterocycles. The van der Waals surface area contributed by atoms with Gasteiger partial charge >= 0.3 is 0 Å². The van der Waals surface area contributed by atoms with Gasteiger partial charge in [0.05, 0.1) is 10.7 Å². The van der Waals surface area contributed by atoms with Crippen LogP contribution in [0.1, 0.15) is 32.9 Å². The van der Waals surface area contributed by atoms with E-state index in [1.54, 1.807) is 0 Å². The molecule has 0 aromatic carbocycles. The number of halogens is 1. The van der Waals surface area contributed by atoms with E-state index in [9.17, 15) is 0 Å². The Labute approximate surface area is 116 Å². The standard InChI is InChI=1S/C14H24ClN3/c1-5-16-14-7-6-12(15)13(17-14)10-18(4)9-8-11(2)3/h6-7,11H,5,8-10H2,1-4H3,(H,16,17). The van der Waals surface area contributed by atoms with Crippen molar-refractivity contribution in [3.8, 4) is 0 Å². The number of anilines is 1. The van der Waals surface area contributed by atoms with Gasteiger partial charge in [-0.25, -0.2) is 4.98 Å². The molecule has 18 heavy (non-hydrogen) atoms. The van der Waals surface area contributed by atoms with Crippen molar-refractivity contribution in [2.45, 2.75) is 33.7 Å². The molecule has 4 heteroatoms. The Hall–Kier alpha value is -0.800. The molecular formula is C14H24ClN3. The summed E-state index contributed by atoms with van der Waals surface area (Å²) >= 11 is 6.19. The highest BCUT2D eigenvalue weighted by Crippen LogP contribution is 2.18. The van der Waals surface area contributed by atoms with Crippen LogP contribution in [0.15, 0.2) is 12.1 Å². The molecule has 3 nitrogen and oxygen atoms in total. The van der Waals surface area contributed by atoms with E-state index < -0.39 is 0 Å². The van der Waals surface area contributed by atoms with Crippen molar-refractivity contribution in [3.05, 3.63) is 22.8 Å². The fraction of sp³-hybridized carbons (Fsp3) is 0.643. The van der Waals surface area contributed by atoms with Gasteiger partial charge in [-0.05, 0) is 45.0 Å². The van der Waals surface area contributed by atoms with Gasteiger partial charge in [-0.15, -0.1) is 0 Å². The fourth-order valence-electron chi connectivity index (χ4n) is 1.69. The summed E-state index contributed by atoms with van der Waals surface area (Å²) in [4.78, 5) is 6.81. The normalized spacial score (nSPS) is 11.3. The summed E-state index contributed by atoms with van der Waals surface area (Å²) in [7, 11) is 2.11. The first kappa shape index (κ1) is 15.3. The van der Waals surface area contributed by atoms with E-state index in [4.69, 9.17) is 11.6 Å². The van der Waals surface area contributed by atoms with Crippen molar-refractivity contribution in [1.29, 1.82) is 0 Å². The van der Waals surface area contributed by atoms with Crippen LogP contribution in [0.25, 0.3) is 0 Å². The Morgan fingerprint density at radius 3 is 2.72 bits per heavy atom. The van der Waals surface area contributed by atoms with E-state index in [2.05, 4.69) is 43.0 Å². The molecule has 0 aliphatic carbocycles. The molecule has 0 unspecified atom stereocenters. The summed E-state index contributed by atoms with van der Waals surface area (Å²) in [5.41, 5.74) is 0.946. The van der Waals surface area contributed by atoms with Gasteiger partial charge in [-0.2, -0.15) is 0 Å². The third-order valence-corrected chi connectivity index (χ3v) is 3.13. The smallest absolute Gasteiger partial charge is 0.126 e. The zero-order valence-corrected chi connectivity index (χ0v) is 12.6. The third kappa shape index (κ3) is 5.23. The molecule has 1 N–H and O–H groups in total. The van der Waals surface area contributed by atoms with Gasteiger partial charge in [-0.3, -0.25) is 0 Å². The van der Waals surface area contributed by atoms with Crippen molar-refractivity contribution in [1.82, 2.24) is 9.88 Å². The molecule has 0 atom stereocenters. The average molecular weight is 270 g/mol. The van der Waals surface area contributed by atoms with Gasteiger partial charge in [-0.1, -0.05) is 25.4 Å². The highest BCUT2D eigenvalue weighted by atomic mass is 35.5. The van der Waals surface area contributed by atoms with Gasteiger partial charge in [0, 0.05) is 13.1 Å². The lowest BCUT2D eigenvalue weighted by Gasteiger charge is -2.18. The Bertz CT molecular complexity index is 366. The van der Waals surface area contributed by atoms with E-state index >= 15 is 0 Å². The third-order valence-electron chi connectivity index (χ3n) is 2.78. The van der Waals surface area contributed by atoms with Crippen molar-refractivity contribution in [2.24, 2.45) is 5.92 Å². The lowest BCUT2D eigenvalue weighted by Crippen LogP contribution is -2.21. The van der Waals surface area contributed by atoms with E-state index in [-0.39, 0.29) is 0 Å². The number of hydrogen-bond donors (Lipinski definition) is 1. The van der Waals surface area contributed by atoms with Crippen LogP contribution in [0.2, 0.25) is 5.02 Å². The monoisotopic (exact) mass is 269 g/mol. The molecular weight excluding hydrogens is 246 g/mol. The molecule has 0 aliphatic heterocycles. The number of pyridine rings is 1. The minimum Gasteiger partial charge on any atom is -0.370 e. The van der Waals surface area contributed by atoms with Crippen LogP contribution in [0.4, 0.5) is 5.82 Å². The molecule has 0 amide bonds. The quantitative estimate of drug-likeness (QED) is 0.819. The van der Waals surface area contributed by atoms with E-state index in [0.29, 0.717) is 0 Å². The van der Waals surface area contributed by atoms with Crippen LogP contribution >= 0.6 is 11.6 Å². The van der Waals surface area contributed by atoms with Gasteiger partial charge in [0.1, 0.15) is 5.82 Å². The van der Waals surface area contributed by atoms with Crippen LogP contribution in [-0.2, 0) is 6.54 Å². The van der Waals surface area contributed by atoms with Crippen LogP contribution in [-0.4, -0.2) is 30.0 Å². The molecule has 1 aromatic heterocycles. The topological polar surface area (TPSA) is 28.2 Å². The van der Waals surface area contributed by atoms with Crippen molar-refractivity contribution in [2.75, 3.05) is 25.5 Å². The minimum atomic E-state index is 0.726. The molecule has 1 heterocycles. The minimum absolute atomic E-state index is 0.726. The van der Waals surface area contributed by atoms with Crippen molar-refractivity contribution >= 4 is 17.4 Å². The Morgan fingerprint density at radius 1 is 1.39 bits per heavy atom. The first-order valence-electron chi connectivity index (χ1n) is 6.60. The number of aromatic nitrogens is 1. The predicted molar refractivity (Wildman–Crippen MR) is 79.2 cm³/mol. The van der Waals surface area contributed by atoms with E-state index in [0.717, 1.165) is 42.1 Å². The first-order valence-corrected chi connectivity index (χ1v) is 6.98. The molecule has 0 radical (unpaired) electrons. The summed E-state index contributed by atoms with van der Waals surface area (Å²) < 4.78 is 0. The number of rotatable bonds is 7. The number of hydrogen-bond acceptors (Lipinski definition) is 3. The predicted octanol–water partition coefficient (Wildman–Crippen LogP) is 3.64. The molecule has 0 saturated carbocycles. The van der Waals surface area contributed by atoms with Crippen LogP contribution in [0.5, 0.6) is 0 Å². The van der Waals surface area contributed by atoms with Gasteiger partial charge in [0.15, 0.2) is 0 Å². The molecule has 0 fully saturated rings. The maximum absolute atomic E-state index is 6.19. The summed E-state index contributed by atoms with van der Waals surface area (Å²) in [5.74, 6) is 1.62. The molecule has 1 aromatic rings. The second kappa shape index (κ2) is 7.59. The molecule has 0 spiro atoms. The summed E-state index contributed by atoms with van der Waals surface area (Å²) in [5, 5.41) is 3.95. The Morgan fingerprint density at radius 2 is 2.11 bits per heavy atom. The summed E-state index contributed by atoms with van der Waals surface area (Å²) in [6.07, 6.45) is 1.20. The second-order valence-electron chi connectivity index (χ2n) is 5.08. The molecule has 102 valence electrons. The lowest BCUT2D eigenvalue weighted by molar-refractivity contribution is 0.300. The van der Waals surface area contributed by atoms with Gasteiger partial charge in [0.2, 0.25) is 0 Å². The molecule has 0 bridgehead atoms.